The van der Waals surface area contributed by atoms with E-state index < -0.39 is 10.0 Å². The molecule has 2 aromatic rings. The van der Waals surface area contributed by atoms with E-state index in [2.05, 4.69) is 19.6 Å². The lowest BCUT2D eigenvalue weighted by Gasteiger charge is -2.23. The normalized spacial score (nSPS) is 14.6. The molecule has 1 aliphatic heterocycles. The summed E-state index contributed by atoms with van der Waals surface area (Å²) in [5, 5.41) is 1.55. The van der Waals surface area contributed by atoms with Gasteiger partial charge in [0.1, 0.15) is 0 Å². The first-order valence-electron chi connectivity index (χ1n) is 7.65. The van der Waals surface area contributed by atoms with Crippen molar-refractivity contribution in [3.8, 4) is 0 Å². The van der Waals surface area contributed by atoms with Crippen LogP contribution in [0.4, 0.5) is 0 Å². The molecule has 0 saturated carbocycles. The van der Waals surface area contributed by atoms with Gasteiger partial charge in [-0.25, -0.2) is 18.1 Å². The molecule has 1 N–H and O–H groups in total. The van der Waals surface area contributed by atoms with Crippen LogP contribution in [0.3, 0.4) is 0 Å². The van der Waals surface area contributed by atoms with Crippen LogP contribution in [0.25, 0.3) is 0 Å². The van der Waals surface area contributed by atoms with Crippen LogP contribution < -0.4 is 4.72 Å². The maximum absolute atomic E-state index is 12.4. The number of nitrogens with one attached hydrogen (secondary N) is 1. The Morgan fingerprint density at radius 3 is 2.65 bits per heavy atom. The van der Waals surface area contributed by atoms with Crippen LogP contribution in [0.2, 0.25) is 10.0 Å². The van der Waals surface area contributed by atoms with Crippen LogP contribution in [0.5, 0.6) is 0 Å². The Labute approximate surface area is 166 Å². The van der Waals surface area contributed by atoms with Crippen molar-refractivity contribution in [1.82, 2.24) is 14.6 Å². The Bertz CT molecular complexity index is 950. The third-order valence-electron chi connectivity index (χ3n) is 3.56. The molecule has 0 unspecified atom stereocenters. The van der Waals surface area contributed by atoms with Crippen LogP contribution >= 0.6 is 34.5 Å². The van der Waals surface area contributed by atoms with E-state index in [9.17, 15) is 8.42 Å². The maximum Gasteiger partial charge on any atom is 0.241 e. The molecule has 0 aliphatic carbocycles. The third kappa shape index (κ3) is 5.05. The van der Waals surface area contributed by atoms with Gasteiger partial charge in [0.2, 0.25) is 10.0 Å². The monoisotopic (exact) mass is 430 g/mol. The number of halogens is 2. The summed E-state index contributed by atoms with van der Waals surface area (Å²) >= 11 is 13.4. The van der Waals surface area contributed by atoms with Gasteiger partial charge in [-0.3, -0.25) is 4.99 Å². The molecule has 0 saturated heterocycles. The zero-order chi connectivity index (χ0) is 18.7. The highest BCUT2D eigenvalue weighted by atomic mass is 35.5. The van der Waals surface area contributed by atoms with Crippen molar-refractivity contribution < 1.29 is 8.42 Å². The van der Waals surface area contributed by atoms with Crippen LogP contribution in [0.1, 0.15) is 9.88 Å². The average Bonchev–Trinajstić information content (AvgIpc) is 2.97. The van der Waals surface area contributed by atoms with Crippen molar-refractivity contribution in [2.45, 2.75) is 18.4 Å². The number of hydrogen-bond acceptors (Lipinski definition) is 6. The number of rotatable bonds is 6. The van der Waals surface area contributed by atoms with Crippen molar-refractivity contribution >= 4 is 50.3 Å². The van der Waals surface area contributed by atoms with Gasteiger partial charge in [0.15, 0.2) is 0 Å². The Balaban J connectivity index is 1.62. The lowest BCUT2D eigenvalue weighted by molar-refractivity contribution is 0.417. The second-order valence-electron chi connectivity index (χ2n) is 5.67. The summed E-state index contributed by atoms with van der Waals surface area (Å²) in [7, 11) is -3.73. The van der Waals surface area contributed by atoms with E-state index in [1.807, 2.05) is 19.3 Å². The molecule has 0 fully saturated rings. The fourth-order valence-corrected chi connectivity index (χ4v) is 4.96. The van der Waals surface area contributed by atoms with E-state index in [-0.39, 0.29) is 21.5 Å². The lowest BCUT2D eigenvalue weighted by Crippen LogP contribution is -2.36. The molecule has 26 heavy (non-hydrogen) atoms. The molecule has 1 aromatic heterocycles. The summed E-state index contributed by atoms with van der Waals surface area (Å²) in [6.07, 6.45) is 5.39. The first kappa shape index (κ1) is 19.3. The second kappa shape index (κ2) is 8.06. The van der Waals surface area contributed by atoms with Crippen LogP contribution in [0.15, 0.2) is 46.7 Å². The van der Waals surface area contributed by atoms with Gasteiger partial charge in [-0.15, -0.1) is 11.3 Å². The number of aliphatic imine (C=N–C) groups is 1. The summed E-state index contributed by atoms with van der Waals surface area (Å²) in [6, 6.07) is 4.20. The van der Waals surface area contributed by atoms with E-state index >= 15 is 0 Å². The molecular formula is C16H16Cl2N4O2S2. The highest BCUT2D eigenvalue weighted by Crippen LogP contribution is 2.22. The Hall–Kier alpha value is -1.45. The lowest BCUT2D eigenvalue weighted by atomic mass is 10.3. The van der Waals surface area contributed by atoms with Gasteiger partial charge < -0.3 is 4.90 Å². The first-order valence-corrected chi connectivity index (χ1v) is 10.7. The summed E-state index contributed by atoms with van der Waals surface area (Å²) in [5.41, 5.74) is 0.713. The number of hydrogen-bond donors (Lipinski definition) is 1. The van der Waals surface area contributed by atoms with E-state index in [1.54, 1.807) is 17.5 Å². The Morgan fingerprint density at radius 1 is 1.27 bits per heavy atom. The summed E-state index contributed by atoms with van der Waals surface area (Å²) in [4.78, 5) is 11.7. The van der Waals surface area contributed by atoms with Crippen molar-refractivity contribution in [3.05, 3.63) is 56.7 Å². The van der Waals surface area contributed by atoms with Gasteiger partial charge in [0.05, 0.1) is 35.2 Å². The summed E-state index contributed by atoms with van der Waals surface area (Å²) in [5.74, 6) is 0. The molecule has 0 bridgehead atoms. The quantitative estimate of drug-likeness (QED) is 0.760. The molecule has 1 aliphatic rings. The van der Waals surface area contributed by atoms with E-state index in [4.69, 9.17) is 23.2 Å². The Kier molecular flexibility index (Phi) is 5.99. The average molecular weight is 431 g/mol. The maximum atomic E-state index is 12.4. The fourth-order valence-electron chi connectivity index (χ4n) is 2.40. The van der Waals surface area contributed by atoms with Crippen molar-refractivity contribution in [2.24, 2.45) is 4.99 Å². The van der Waals surface area contributed by atoms with Gasteiger partial charge >= 0.3 is 0 Å². The van der Waals surface area contributed by atoms with Gasteiger partial charge in [0, 0.05) is 33.5 Å². The predicted molar refractivity (Wildman–Crippen MR) is 105 cm³/mol. The smallest absolute Gasteiger partial charge is 0.241 e. The number of nitrogens with zero attached hydrogens (tertiary/aromatic N) is 3. The topological polar surface area (TPSA) is 74.7 Å². The standard InChI is InChI=1S/C16H16Cl2N4O2S2/c1-11-20-8-15(25-11)10-22-3-2-19-14(9-22)7-21-26(23,24)16-5-12(17)4-13(18)6-16/h2-6,8,21H,7,9-10H2,1H3. The molecule has 138 valence electrons. The molecule has 0 amide bonds. The van der Waals surface area contributed by atoms with Crippen molar-refractivity contribution in [1.29, 1.82) is 0 Å². The minimum atomic E-state index is -3.73. The molecule has 0 atom stereocenters. The molecule has 10 heteroatoms. The van der Waals surface area contributed by atoms with E-state index in [0.29, 0.717) is 18.8 Å². The summed E-state index contributed by atoms with van der Waals surface area (Å²) < 4.78 is 27.4. The molecule has 3 rings (SSSR count). The second-order valence-corrected chi connectivity index (χ2v) is 9.63. The van der Waals surface area contributed by atoms with E-state index in [0.717, 1.165) is 9.88 Å². The largest absolute Gasteiger partial charge is 0.365 e. The number of benzene rings is 1. The Morgan fingerprint density at radius 2 is 2.00 bits per heavy atom. The third-order valence-corrected chi connectivity index (χ3v) is 6.28. The van der Waals surface area contributed by atoms with Gasteiger partial charge in [0.25, 0.3) is 0 Å². The number of thiazole rings is 1. The predicted octanol–water partition coefficient (Wildman–Crippen LogP) is 3.46. The zero-order valence-electron chi connectivity index (χ0n) is 13.8. The highest BCUT2D eigenvalue weighted by molar-refractivity contribution is 7.89. The minimum Gasteiger partial charge on any atom is -0.365 e. The summed E-state index contributed by atoms with van der Waals surface area (Å²) in [6.45, 7) is 3.31. The zero-order valence-corrected chi connectivity index (χ0v) is 17.0. The number of sulfonamides is 1. The first-order chi connectivity index (χ1) is 12.3. The number of aromatic nitrogens is 1. The molecule has 6 nitrogen and oxygen atoms in total. The SMILES string of the molecule is Cc1ncc(CN2C=CN=C(CNS(=O)(=O)c3cc(Cl)cc(Cl)c3)C2)s1. The highest BCUT2D eigenvalue weighted by Gasteiger charge is 2.18. The molecular weight excluding hydrogens is 415 g/mol. The van der Waals surface area contributed by atoms with Gasteiger partial charge in [-0.05, 0) is 25.1 Å². The van der Waals surface area contributed by atoms with Crippen molar-refractivity contribution in [2.75, 3.05) is 13.1 Å². The molecule has 2 heterocycles. The van der Waals surface area contributed by atoms with Crippen molar-refractivity contribution in [3.63, 3.8) is 0 Å². The minimum absolute atomic E-state index is 0.0268. The fraction of sp³-hybridized carbons (Fsp3) is 0.250. The number of aryl methyl sites for hydroxylation is 1. The van der Waals surface area contributed by atoms with Gasteiger partial charge in [-0.1, -0.05) is 23.2 Å². The molecule has 0 radical (unpaired) electrons. The molecule has 0 spiro atoms. The van der Waals surface area contributed by atoms with Crippen LogP contribution in [0, 0.1) is 6.92 Å². The van der Waals surface area contributed by atoms with Crippen LogP contribution in [-0.4, -0.2) is 37.1 Å². The van der Waals surface area contributed by atoms with E-state index in [1.165, 1.54) is 18.2 Å². The van der Waals surface area contributed by atoms with Crippen LogP contribution in [-0.2, 0) is 16.6 Å². The molecule has 1 aromatic carbocycles. The van der Waals surface area contributed by atoms with Gasteiger partial charge in [-0.2, -0.15) is 0 Å².